The molecule has 0 spiro atoms. The highest BCUT2D eigenvalue weighted by molar-refractivity contribution is 6.31. The van der Waals surface area contributed by atoms with Gasteiger partial charge in [0.2, 0.25) is 5.95 Å². The van der Waals surface area contributed by atoms with Gasteiger partial charge in [-0.2, -0.15) is 10.1 Å². The van der Waals surface area contributed by atoms with Crippen LogP contribution in [0.2, 0.25) is 5.02 Å². The lowest BCUT2D eigenvalue weighted by atomic mass is 10.1. The van der Waals surface area contributed by atoms with Gasteiger partial charge in [0.1, 0.15) is 6.33 Å². The van der Waals surface area contributed by atoms with Crippen LogP contribution in [-0.4, -0.2) is 20.7 Å². The molecule has 1 aliphatic rings. The first-order valence-corrected chi connectivity index (χ1v) is 6.84. The van der Waals surface area contributed by atoms with Gasteiger partial charge in [0.05, 0.1) is 12.1 Å². The lowest BCUT2D eigenvalue weighted by molar-refractivity contribution is -0.113. The summed E-state index contributed by atoms with van der Waals surface area (Å²) < 4.78 is 1.65. The molecule has 2 aromatic rings. The molecule has 0 bridgehead atoms. The van der Waals surface area contributed by atoms with E-state index in [2.05, 4.69) is 20.7 Å². The van der Waals surface area contributed by atoms with Crippen LogP contribution >= 0.6 is 11.6 Å². The molecule has 1 aromatic heterocycles. The summed E-state index contributed by atoms with van der Waals surface area (Å²) in [5.74, 6) is 0.467. The van der Waals surface area contributed by atoms with Gasteiger partial charge in [0.25, 0.3) is 5.91 Å². The number of carbonyl (C=O) groups is 1. The molecule has 6 nitrogen and oxygen atoms in total. The highest BCUT2D eigenvalue weighted by Gasteiger charge is 2.22. The molecule has 1 aliphatic heterocycles. The van der Waals surface area contributed by atoms with E-state index in [1.807, 2.05) is 19.9 Å². The molecule has 0 atom stereocenters. The third kappa shape index (κ3) is 2.62. The van der Waals surface area contributed by atoms with E-state index in [4.69, 9.17) is 11.6 Å². The molecule has 21 heavy (non-hydrogen) atoms. The number of fused-ring (bicyclic) bond motifs is 1. The van der Waals surface area contributed by atoms with Crippen molar-refractivity contribution in [1.82, 2.24) is 14.8 Å². The number of hydrogen-bond acceptors (Lipinski definition) is 4. The number of allylic oxidation sites excluding steroid dienone is 1. The van der Waals surface area contributed by atoms with Gasteiger partial charge in [-0.15, -0.1) is 0 Å². The van der Waals surface area contributed by atoms with E-state index in [0.29, 0.717) is 28.8 Å². The van der Waals surface area contributed by atoms with Crippen molar-refractivity contribution in [3.63, 3.8) is 0 Å². The Morgan fingerprint density at radius 1 is 1.43 bits per heavy atom. The SMILES string of the molecule is CC1=C(C(=O)Nc2cc(Cl)ccc2C)Cn2ncnc2N1. The second-order valence-corrected chi connectivity index (χ2v) is 5.32. The second kappa shape index (κ2) is 5.21. The molecule has 2 N–H and O–H groups in total. The van der Waals surface area contributed by atoms with E-state index in [1.165, 1.54) is 6.33 Å². The molecule has 3 rings (SSSR count). The number of rotatable bonds is 2. The number of carbonyl (C=O) groups excluding carboxylic acids is 1. The number of nitrogens with one attached hydrogen (secondary N) is 2. The average molecular weight is 304 g/mol. The zero-order chi connectivity index (χ0) is 15.0. The topological polar surface area (TPSA) is 71.8 Å². The van der Waals surface area contributed by atoms with Crippen LogP contribution in [0.3, 0.4) is 0 Å². The summed E-state index contributed by atoms with van der Waals surface area (Å²) in [6.07, 6.45) is 1.46. The fraction of sp³-hybridized carbons (Fsp3) is 0.214. The smallest absolute Gasteiger partial charge is 0.255 e. The second-order valence-electron chi connectivity index (χ2n) is 4.88. The van der Waals surface area contributed by atoms with Crippen molar-refractivity contribution in [3.8, 4) is 0 Å². The summed E-state index contributed by atoms with van der Waals surface area (Å²) in [6.45, 7) is 4.15. The third-order valence-corrected chi connectivity index (χ3v) is 3.63. The molecular formula is C14H14ClN5O. The molecule has 7 heteroatoms. The zero-order valence-electron chi connectivity index (χ0n) is 11.6. The van der Waals surface area contributed by atoms with Crippen LogP contribution in [-0.2, 0) is 11.3 Å². The van der Waals surface area contributed by atoms with Crippen molar-refractivity contribution in [2.45, 2.75) is 20.4 Å². The maximum atomic E-state index is 12.5. The lowest BCUT2D eigenvalue weighted by Crippen LogP contribution is -2.26. The Morgan fingerprint density at radius 3 is 3.05 bits per heavy atom. The van der Waals surface area contributed by atoms with E-state index < -0.39 is 0 Å². The Balaban J connectivity index is 1.84. The van der Waals surface area contributed by atoms with Gasteiger partial charge < -0.3 is 10.6 Å². The maximum absolute atomic E-state index is 12.5. The van der Waals surface area contributed by atoms with E-state index in [9.17, 15) is 4.79 Å². The largest absolute Gasteiger partial charge is 0.328 e. The van der Waals surface area contributed by atoms with Gasteiger partial charge in [0.15, 0.2) is 0 Å². The molecule has 0 unspecified atom stereocenters. The van der Waals surface area contributed by atoms with Gasteiger partial charge in [-0.1, -0.05) is 17.7 Å². The Labute approximate surface area is 126 Å². The Morgan fingerprint density at radius 2 is 2.24 bits per heavy atom. The zero-order valence-corrected chi connectivity index (χ0v) is 12.4. The molecule has 108 valence electrons. The van der Waals surface area contributed by atoms with E-state index in [1.54, 1.807) is 16.8 Å². The maximum Gasteiger partial charge on any atom is 0.255 e. The molecule has 0 fully saturated rings. The summed E-state index contributed by atoms with van der Waals surface area (Å²) in [5.41, 5.74) is 3.05. The van der Waals surface area contributed by atoms with Gasteiger partial charge in [0, 0.05) is 16.4 Å². The molecule has 2 heterocycles. The molecule has 0 radical (unpaired) electrons. The highest BCUT2D eigenvalue weighted by atomic mass is 35.5. The van der Waals surface area contributed by atoms with Crippen molar-refractivity contribution in [2.75, 3.05) is 10.6 Å². The summed E-state index contributed by atoms with van der Waals surface area (Å²) in [6, 6.07) is 5.40. The number of benzene rings is 1. The Kier molecular flexibility index (Phi) is 3.39. The van der Waals surface area contributed by atoms with Crippen molar-refractivity contribution in [3.05, 3.63) is 46.4 Å². The van der Waals surface area contributed by atoms with Crippen LogP contribution in [0.5, 0.6) is 0 Å². The molecule has 0 saturated carbocycles. The number of aromatic nitrogens is 3. The van der Waals surface area contributed by atoms with Crippen LogP contribution in [0.1, 0.15) is 12.5 Å². The third-order valence-electron chi connectivity index (χ3n) is 3.40. The van der Waals surface area contributed by atoms with Gasteiger partial charge in [-0.3, -0.25) is 4.79 Å². The number of nitrogens with zero attached hydrogens (tertiary/aromatic N) is 3. The summed E-state index contributed by atoms with van der Waals surface area (Å²) in [7, 11) is 0. The summed E-state index contributed by atoms with van der Waals surface area (Å²) in [4.78, 5) is 16.5. The van der Waals surface area contributed by atoms with Crippen LogP contribution in [0.25, 0.3) is 0 Å². The fourth-order valence-electron chi connectivity index (χ4n) is 2.16. The number of hydrogen-bond donors (Lipinski definition) is 2. The highest BCUT2D eigenvalue weighted by Crippen LogP contribution is 2.23. The normalized spacial score (nSPS) is 13.7. The molecule has 0 aliphatic carbocycles. The number of halogens is 1. The quantitative estimate of drug-likeness (QED) is 0.894. The monoisotopic (exact) mass is 303 g/mol. The van der Waals surface area contributed by atoms with Crippen molar-refractivity contribution in [2.24, 2.45) is 0 Å². The van der Waals surface area contributed by atoms with Gasteiger partial charge >= 0.3 is 0 Å². The number of amides is 1. The average Bonchev–Trinajstić information content (AvgIpc) is 2.89. The fourth-order valence-corrected chi connectivity index (χ4v) is 2.33. The number of anilines is 2. The number of aryl methyl sites for hydroxylation is 1. The van der Waals surface area contributed by atoms with Gasteiger partial charge in [-0.05, 0) is 31.5 Å². The summed E-state index contributed by atoms with van der Waals surface area (Å²) >= 11 is 5.97. The van der Waals surface area contributed by atoms with Crippen LogP contribution < -0.4 is 10.6 Å². The molecule has 1 amide bonds. The minimum Gasteiger partial charge on any atom is -0.328 e. The Bertz CT molecular complexity index is 750. The predicted molar refractivity (Wildman–Crippen MR) is 81.2 cm³/mol. The minimum absolute atomic E-state index is 0.175. The van der Waals surface area contributed by atoms with Crippen molar-refractivity contribution in [1.29, 1.82) is 0 Å². The molecule has 0 saturated heterocycles. The molecular weight excluding hydrogens is 290 g/mol. The van der Waals surface area contributed by atoms with Crippen LogP contribution in [0, 0.1) is 6.92 Å². The van der Waals surface area contributed by atoms with E-state index in [0.717, 1.165) is 11.3 Å². The lowest BCUT2D eigenvalue weighted by Gasteiger charge is -2.20. The van der Waals surface area contributed by atoms with Gasteiger partial charge in [-0.25, -0.2) is 4.68 Å². The first-order valence-electron chi connectivity index (χ1n) is 6.46. The predicted octanol–water partition coefficient (Wildman–Crippen LogP) is 2.58. The van der Waals surface area contributed by atoms with E-state index >= 15 is 0 Å². The molecule has 1 aromatic carbocycles. The first kappa shape index (κ1) is 13.6. The minimum atomic E-state index is -0.175. The van der Waals surface area contributed by atoms with Crippen LogP contribution in [0.4, 0.5) is 11.6 Å². The van der Waals surface area contributed by atoms with Crippen molar-refractivity contribution < 1.29 is 4.79 Å². The van der Waals surface area contributed by atoms with Crippen molar-refractivity contribution >= 4 is 29.1 Å². The van der Waals surface area contributed by atoms with Crippen LogP contribution in [0.15, 0.2) is 35.8 Å². The first-order chi connectivity index (χ1) is 10.0. The van der Waals surface area contributed by atoms with E-state index in [-0.39, 0.29) is 5.91 Å². The standard InChI is InChI=1S/C14H14ClN5O/c1-8-3-4-10(15)5-12(8)19-13(21)11-6-20-14(16-7-17-20)18-9(11)2/h3-5,7H,6H2,1-2H3,(H,19,21)(H,16,17,18). The Hall–Kier alpha value is -2.34. The summed E-state index contributed by atoms with van der Waals surface area (Å²) in [5, 5.41) is 10.6.